The second-order valence-corrected chi connectivity index (χ2v) is 7.55. The van der Waals surface area contributed by atoms with Gasteiger partial charge in [0.05, 0.1) is 19.0 Å². The highest BCUT2D eigenvalue weighted by molar-refractivity contribution is 5.99. The Labute approximate surface area is 195 Å². The molecule has 1 atom stereocenters. The number of H-pyrrole nitrogens is 1. The molecular formula is C25H23FN6O2. The molecule has 1 heterocycles. The van der Waals surface area contributed by atoms with Gasteiger partial charge in [-0.25, -0.2) is 9.37 Å². The number of amides is 1. The Balaban J connectivity index is 1.79. The molecule has 0 bridgehead atoms. The van der Waals surface area contributed by atoms with Gasteiger partial charge in [-0.15, -0.1) is 0 Å². The minimum absolute atomic E-state index is 0.0429. The molecule has 0 spiro atoms. The van der Waals surface area contributed by atoms with Crippen molar-refractivity contribution in [2.45, 2.75) is 6.04 Å². The average Bonchev–Trinajstić information content (AvgIpc) is 3.32. The summed E-state index contributed by atoms with van der Waals surface area (Å²) in [7, 11) is 1.51. The number of primary amides is 1. The number of benzene rings is 3. The summed E-state index contributed by atoms with van der Waals surface area (Å²) in [6.07, 6.45) is 1.59. The Morgan fingerprint density at radius 2 is 1.85 bits per heavy atom. The van der Waals surface area contributed by atoms with Crippen LogP contribution in [0.15, 0.2) is 72.9 Å². The summed E-state index contributed by atoms with van der Waals surface area (Å²) in [4.78, 5) is 19.6. The van der Waals surface area contributed by atoms with Crippen LogP contribution in [0.5, 0.6) is 5.75 Å². The lowest BCUT2D eigenvalue weighted by atomic mass is 10.0. The molecule has 8 nitrogen and oxygen atoms in total. The van der Waals surface area contributed by atoms with Gasteiger partial charge in [0, 0.05) is 27.9 Å². The van der Waals surface area contributed by atoms with Crippen LogP contribution in [0.1, 0.15) is 33.4 Å². The van der Waals surface area contributed by atoms with Gasteiger partial charge in [-0.1, -0.05) is 18.2 Å². The molecule has 1 unspecified atom stereocenters. The summed E-state index contributed by atoms with van der Waals surface area (Å²) in [5.41, 5.74) is 14.4. The molecule has 1 aromatic heterocycles. The number of aromatic amines is 1. The highest BCUT2D eigenvalue weighted by Crippen LogP contribution is 2.34. The first-order chi connectivity index (χ1) is 16.4. The van der Waals surface area contributed by atoms with E-state index in [0.29, 0.717) is 45.2 Å². The maximum Gasteiger partial charge on any atom is 0.249 e. The molecule has 0 aliphatic carbocycles. The zero-order valence-electron chi connectivity index (χ0n) is 18.3. The molecule has 0 aliphatic heterocycles. The third kappa shape index (κ3) is 4.58. The number of aromatic nitrogens is 2. The average molecular weight is 458 g/mol. The second-order valence-electron chi connectivity index (χ2n) is 7.55. The first-order valence-electron chi connectivity index (χ1n) is 10.4. The van der Waals surface area contributed by atoms with Crippen molar-refractivity contribution in [1.82, 2.24) is 9.97 Å². The van der Waals surface area contributed by atoms with Crippen LogP contribution in [0.4, 0.5) is 10.1 Å². The normalized spacial score (nSPS) is 11.6. The fourth-order valence-corrected chi connectivity index (χ4v) is 3.69. The fraction of sp³-hybridized carbons (Fsp3) is 0.0800. The molecule has 0 saturated heterocycles. The quantitative estimate of drug-likeness (QED) is 0.202. The molecule has 3 aromatic carbocycles. The lowest BCUT2D eigenvalue weighted by Gasteiger charge is -2.21. The summed E-state index contributed by atoms with van der Waals surface area (Å²) < 4.78 is 19.7. The van der Waals surface area contributed by atoms with E-state index in [0.717, 1.165) is 0 Å². The minimum atomic E-state index is -0.636. The monoisotopic (exact) mass is 458 g/mol. The van der Waals surface area contributed by atoms with Gasteiger partial charge in [-0.2, -0.15) is 0 Å². The minimum Gasteiger partial charge on any atom is -0.496 e. The van der Waals surface area contributed by atoms with Crippen molar-refractivity contribution >= 4 is 17.4 Å². The van der Waals surface area contributed by atoms with E-state index in [1.807, 2.05) is 0 Å². The van der Waals surface area contributed by atoms with E-state index in [1.165, 1.54) is 19.2 Å². The zero-order chi connectivity index (χ0) is 24.2. The number of methoxy groups -OCH3 is 1. The second kappa shape index (κ2) is 9.45. The van der Waals surface area contributed by atoms with Crippen molar-refractivity contribution in [3.05, 3.63) is 101 Å². The number of nitrogen functional groups attached to an aromatic ring is 1. The lowest BCUT2D eigenvalue weighted by molar-refractivity contribution is 0.100. The van der Waals surface area contributed by atoms with Crippen molar-refractivity contribution in [3.8, 4) is 17.0 Å². The Morgan fingerprint density at radius 3 is 2.53 bits per heavy atom. The molecule has 9 heteroatoms. The summed E-state index contributed by atoms with van der Waals surface area (Å²) in [5, 5.41) is 10.9. The topological polar surface area (TPSA) is 143 Å². The number of nitrogens with two attached hydrogens (primary N) is 2. The van der Waals surface area contributed by atoms with Crippen molar-refractivity contribution in [1.29, 1.82) is 5.41 Å². The van der Waals surface area contributed by atoms with E-state index < -0.39 is 17.8 Å². The number of anilines is 1. The highest BCUT2D eigenvalue weighted by Gasteiger charge is 2.23. The van der Waals surface area contributed by atoms with E-state index in [2.05, 4.69) is 15.3 Å². The molecule has 4 rings (SSSR count). The molecule has 34 heavy (non-hydrogen) atoms. The number of ether oxygens (including phenoxy) is 1. The summed E-state index contributed by atoms with van der Waals surface area (Å²) >= 11 is 0. The predicted molar refractivity (Wildman–Crippen MR) is 128 cm³/mol. The molecule has 0 aliphatic rings. The van der Waals surface area contributed by atoms with Gasteiger partial charge in [0.15, 0.2) is 0 Å². The standard InChI is InChI=1S/C25H23FN6O2/c1-34-21-11-8-15(26)12-19(21)22(31-16-9-6-14(7-10-16)23(27)28)25-30-13-20(32-25)17-4-2-3-5-18(17)24(29)33/h2-13,22,31H,1H3,(H3,27,28)(H2,29,33)(H,30,32). The van der Waals surface area contributed by atoms with Crippen LogP contribution in [0, 0.1) is 11.2 Å². The number of carbonyl (C=O) groups is 1. The van der Waals surface area contributed by atoms with E-state index in [9.17, 15) is 9.18 Å². The maximum atomic E-state index is 14.2. The summed E-state index contributed by atoms with van der Waals surface area (Å²) in [5.74, 6) is -0.0959. The van der Waals surface area contributed by atoms with E-state index >= 15 is 0 Å². The number of halogens is 1. The Kier molecular flexibility index (Phi) is 6.26. The Morgan fingerprint density at radius 1 is 1.12 bits per heavy atom. The van der Waals surface area contributed by atoms with Gasteiger partial charge >= 0.3 is 0 Å². The number of imidazole rings is 1. The summed E-state index contributed by atoms with van der Waals surface area (Å²) in [6, 6.07) is 17.5. The number of rotatable bonds is 8. The van der Waals surface area contributed by atoms with Crippen molar-refractivity contribution in [2.75, 3.05) is 12.4 Å². The lowest BCUT2D eigenvalue weighted by Crippen LogP contribution is -2.16. The number of nitrogens with zero attached hydrogens (tertiary/aromatic N) is 1. The van der Waals surface area contributed by atoms with Gasteiger partial charge in [-0.05, 0) is 48.5 Å². The predicted octanol–water partition coefficient (Wildman–Crippen LogP) is 3.81. The van der Waals surface area contributed by atoms with Crippen molar-refractivity contribution in [3.63, 3.8) is 0 Å². The van der Waals surface area contributed by atoms with Crippen molar-refractivity contribution in [2.24, 2.45) is 11.5 Å². The fourth-order valence-electron chi connectivity index (χ4n) is 3.69. The van der Waals surface area contributed by atoms with Crippen LogP contribution < -0.4 is 21.5 Å². The Bertz CT molecular complexity index is 1350. The molecule has 0 radical (unpaired) electrons. The van der Waals surface area contributed by atoms with Gasteiger partial charge in [0.25, 0.3) is 0 Å². The molecule has 0 fully saturated rings. The SMILES string of the molecule is COc1ccc(F)cc1C(Nc1ccc(C(=N)N)cc1)c1ncc(-c2ccccc2C(N)=O)[nH]1. The highest BCUT2D eigenvalue weighted by atomic mass is 19.1. The number of nitrogens with one attached hydrogen (secondary N) is 3. The first-order valence-corrected chi connectivity index (χ1v) is 10.4. The first kappa shape index (κ1) is 22.5. The van der Waals surface area contributed by atoms with Crippen LogP contribution >= 0.6 is 0 Å². The molecular weight excluding hydrogens is 435 g/mol. The van der Waals surface area contributed by atoms with E-state index in [1.54, 1.807) is 60.8 Å². The van der Waals surface area contributed by atoms with Gasteiger partial charge in [0.2, 0.25) is 5.91 Å². The van der Waals surface area contributed by atoms with E-state index in [-0.39, 0.29) is 5.84 Å². The molecule has 1 amide bonds. The smallest absolute Gasteiger partial charge is 0.249 e. The van der Waals surface area contributed by atoms with Crippen LogP contribution in [-0.2, 0) is 0 Å². The molecule has 7 N–H and O–H groups in total. The van der Waals surface area contributed by atoms with Crippen LogP contribution in [0.3, 0.4) is 0 Å². The zero-order valence-corrected chi connectivity index (χ0v) is 18.3. The van der Waals surface area contributed by atoms with Crippen LogP contribution in [-0.4, -0.2) is 28.8 Å². The Hall–Kier alpha value is -4.66. The number of hydrogen-bond donors (Lipinski definition) is 5. The summed E-state index contributed by atoms with van der Waals surface area (Å²) in [6.45, 7) is 0. The molecule has 4 aromatic rings. The van der Waals surface area contributed by atoms with Gasteiger partial charge in [-0.3, -0.25) is 10.2 Å². The molecule has 172 valence electrons. The van der Waals surface area contributed by atoms with Gasteiger partial charge in [0.1, 0.15) is 29.3 Å². The van der Waals surface area contributed by atoms with E-state index in [4.69, 9.17) is 21.6 Å². The number of hydrogen-bond acceptors (Lipinski definition) is 5. The number of carbonyl (C=O) groups excluding carboxylic acids is 1. The molecule has 0 saturated carbocycles. The van der Waals surface area contributed by atoms with Crippen molar-refractivity contribution < 1.29 is 13.9 Å². The van der Waals surface area contributed by atoms with Crippen LogP contribution in [0.25, 0.3) is 11.3 Å². The van der Waals surface area contributed by atoms with Crippen LogP contribution in [0.2, 0.25) is 0 Å². The number of amidine groups is 1. The third-order valence-corrected chi connectivity index (χ3v) is 5.36. The third-order valence-electron chi connectivity index (χ3n) is 5.36. The van der Waals surface area contributed by atoms with Gasteiger partial charge < -0.3 is 26.5 Å². The maximum absolute atomic E-state index is 14.2. The largest absolute Gasteiger partial charge is 0.496 e.